The number of nitrogens with one attached hydrogen (secondary N) is 1. The van der Waals surface area contributed by atoms with Crippen LogP contribution in [-0.4, -0.2) is 35.0 Å². The Labute approximate surface area is 111 Å². The summed E-state index contributed by atoms with van der Waals surface area (Å²) in [6.07, 6.45) is 2.96. The fraction of sp³-hybridized carbons (Fsp3) is 0.385. The van der Waals surface area contributed by atoms with Crippen molar-refractivity contribution in [2.45, 2.75) is 18.6 Å². The Morgan fingerprint density at radius 3 is 2.33 bits per heavy atom. The maximum atomic E-state index is 11.7. The van der Waals surface area contributed by atoms with Crippen molar-refractivity contribution in [2.24, 2.45) is 0 Å². The molecule has 18 heavy (non-hydrogen) atoms. The molecule has 0 saturated carbocycles. The maximum absolute atomic E-state index is 11.7. The third-order valence-corrected chi connectivity index (χ3v) is 3.67. The van der Waals surface area contributed by atoms with E-state index in [1.165, 1.54) is 24.3 Å². The molecule has 0 radical (unpaired) electrons. The molecule has 4 nitrogen and oxygen atoms in total. The lowest BCUT2D eigenvalue weighted by molar-refractivity contribution is 0.0696. The molecule has 1 aromatic carbocycles. The topological polar surface area (TPSA) is 66.4 Å². The molecule has 0 heterocycles. The summed E-state index contributed by atoms with van der Waals surface area (Å²) in [5.41, 5.74) is 0.666. The van der Waals surface area contributed by atoms with Gasteiger partial charge in [-0.05, 0) is 36.9 Å². The number of thioether (sulfide) groups is 1. The number of carbonyl (C=O) groups excluding carboxylic acids is 1. The predicted molar refractivity (Wildman–Crippen MR) is 73.3 cm³/mol. The summed E-state index contributed by atoms with van der Waals surface area (Å²) in [6.45, 7) is 2.74. The highest BCUT2D eigenvalue weighted by molar-refractivity contribution is 7.99. The number of hydrogen-bond acceptors (Lipinski definition) is 3. The number of amides is 1. The van der Waals surface area contributed by atoms with Gasteiger partial charge in [0.2, 0.25) is 0 Å². The van der Waals surface area contributed by atoms with Gasteiger partial charge in [-0.15, -0.1) is 0 Å². The van der Waals surface area contributed by atoms with Crippen molar-refractivity contribution >= 4 is 23.6 Å². The molecule has 1 atom stereocenters. The predicted octanol–water partition coefficient (Wildman–Crippen LogP) is 2.26. The number of hydrogen-bond donors (Lipinski definition) is 2. The number of aromatic carboxylic acids is 1. The largest absolute Gasteiger partial charge is 0.478 e. The van der Waals surface area contributed by atoms with Gasteiger partial charge < -0.3 is 10.4 Å². The smallest absolute Gasteiger partial charge is 0.335 e. The van der Waals surface area contributed by atoms with Gasteiger partial charge >= 0.3 is 5.97 Å². The summed E-state index contributed by atoms with van der Waals surface area (Å²) in [7, 11) is 0. The molecule has 0 aliphatic rings. The molecule has 2 N–H and O–H groups in total. The summed E-state index contributed by atoms with van der Waals surface area (Å²) in [4.78, 5) is 22.4. The molecule has 1 rings (SSSR count). The van der Waals surface area contributed by atoms with Gasteiger partial charge in [0.15, 0.2) is 0 Å². The molecular weight excluding hydrogens is 250 g/mol. The van der Waals surface area contributed by atoms with Crippen molar-refractivity contribution in [3.05, 3.63) is 35.4 Å². The van der Waals surface area contributed by atoms with Crippen LogP contribution in [0.25, 0.3) is 0 Å². The minimum absolute atomic E-state index is 0.166. The highest BCUT2D eigenvalue weighted by atomic mass is 32.2. The molecule has 0 spiro atoms. The van der Waals surface area contributed by atoms with Gasteiger partial charge in [-0.3, -0.25) is 4.79 Å². The third-order valence-electron chi connectivity index (χ3n) is 2.63. The summed E-state index contributed by atoms with van der Waals surface area (Å²) in [5, 5.41) is 12.1. The van der Waals surface area contributed by atoms with Crippen LogP contribution in [0.2, 0.25) is 0 Å². The second-order valence-corrected chi connectivity index (χ2v) is 5.25. The molecule has 0 fully saturated rings. The van der Waals surface area contributed by atoms with Crippen LogP contribution in [0.3, 0.4) is 0 Å². The lowest BCUT2D eigenvalue weighted by Gasteiger charge is -2.09. The Morgan fingerprint density at radius 1 is 1.28 bits per heavy atom. The van der Waals surface area contributed by atoms with Gasteiger partial charge in [-0.25, -0.2) is 4.79 Å². The van der Waals surface area contributed by atoms with Crippen LogP contribution in [0.15, 0.2) is 24.3 Å². The van der Waals surface area contributed by atoms with E-state index in [4.69, 9.17) is 5.11 Å². The molecule has 0 saturated heterocycles. The second-order valence-electron chi connectivity index (χ2n) is 3.97. The van der Waals surface area contributed by atoms with E-state index < -0.39 is 5.97 Å². The Balaban J connectivity index is 2.49. The summed E-state index contributed by atoms with van der Waals surface area (Å²) in [5.74, 6) is -1.16. The number of carboxylic acid groups (broad SMARTS) is 1. The first-order chi connectivity index (χ1) is 8.54. The van der Waals surface area contributed by atoms with E-state index >= 15 is 0 Å². The van der Waals surface area contributed by atoms with E-state index in [0.717, 1.165) is 6.42 Å². The Bertz CT molecular complexity index is 417. The number of rotatable bonds is 6. The average Bonchev–Trinajstić information content (AvgIpc) is 2.38. The van der Waals surface area contributed by atoms with Crippen LogP contribution in [-0.2, 0) is 0 Å². The van der Waals surface area contributed by atoms with E-state index in [0.29, 0.717) is 17.4 Å². The number of carboxylic acids is 1. The minimum Gasteiger partial charge on any atom is -0.478 e. The van der Waals surface area contributed by atoms with E-state index in [1.54, 1.807) is 11.8 Å². The summed E-state index contributed by atoms with van der Waals surface area (Å²) >= 11 is 1.76. The van der Waals surface area contributed by atoms with Crippen molar-refractivity contribution in [3.63, 3.8) is 0 Å². The number of carbonyl (C=O) groups is 2. The zero-order valence-electron chi connectivity index (χ0n) is 10.5. The molecule has 0 aromatic heterocycles. The van der Waals surface area contributed by atoms with Gasteiger partial charge in [0.1, 0.15) is 0 Å². The van der Waals surface area contributed by atoms with Gasteiger partial charge in [-0.2, -0.15) is 11.8 Å². The maximum Gasteiger partial charge on any atom is 0.335 e. The van der Waals surface area contributed by atoms with E-state index in [9.17, 15) is 9.59 Å². The van der Waals surface area contributed by atoms with Crippen LogP contribution in [0, 0.1) is 0 Å². The highest BCUT2D eigenvalue weighted by Crippen LogP contribution is 2.08. The fourth-order valence-corrected chi connectivity index (χ4v) is 1.73. The zero-order valence-corrected chi connectivity index (χ0v) is 11.3. The summed E-state index contributed by atoms with van der Waals surface area (Å²) in [6, 6.07) is 5.91. The molecular formula is C13H17NO3S. The summed E-state index contributed by atoms with van der Waals surface area (Å²) < 4.78 is 0. The third kappa shape index (κ3) is 4.41. The Hall–Kier alpha value is -1.49. The van der Waals surface area contributed by atoms with Gasteiger partial charge in [0, 0.05) is 17.4 Å². The lowest BCUT2D eigenvalue weighted by atomic mass is 10.1. The Morgan fingerprint density at radius 2 is 1.83 bits per heavy atom. The highest BCUT2D eigenvalue weighted by Gasteiger charge is 2.07. The van der Waals surface area contributed by atoms with Crippen LogP contribution >= 0.6 is 11.8 Å². The lowest BCUT2D eigenvalue weighted by Crippen LogP contribution is -2.26. The van der Waals surface area contributed by atoms with Crippen molar-refractivity contribution < 1.29 is 14.7 Å². The van der Waals surface area contributed by atoms with E-state index in [2.05, 4.69) is 12.2 Å². The normalized spacial score (nSPS) is 11.9. The van der Waals surface area contributed by atoms with Crippen LogP contribution in [0.5, 0.6) is 0 Å². The fourth-order valence-electron chi connectivity index (χ4n) is 1.37. The monoisotopic (exact) mass is 267 g/mol. The van der Waals surface area contributed by atoms with Gasteiger partial charge in [-0.1, -0.05) is 6.92 Å². The molecule has 0 aliphatic heterocycles. The first kappa shape index (κ1) is 14.6. The van der Waals surface area contributed by atoms with Crippen molar-refractivity contribution in [2.75, 3.05) is 12.8 Å². The van der Waals surface area contributed by atoms with Crippen molar-refractivity contribution in [1.82, 2.24) is 5.32 Å². The molecule has 5 heteroatoms. The van der Waals surface area contributed by atoms with E-state index in [1.807, 2.05) is 6.26 Å². The first-order valence-corrected chi connectivity index (χ1v) is 6.97. The van der Waals surface area contributed by atoms with Crippen molar-refractivity contribution in [1.29, 1.82) is 0 Å². The van der Waals surface area contributed by atoms with E-state index in [-0.39, 0.29) is 11.5 Å². The molecule has 1 aromatic rings. The zero-order chi connectivity index (χ0) is 13.5. The Kier molecular flexibility index (Phi) is 5.71. The number of benzene rings is 1. The quantitative estimate of drug-likeness (QED) is 0.829. The van der Waals surface area contributed by atoms with Crippen LogP contribution in [0.4, 0.5) is 0 Å². The van der Waals surface area contributed by atoms with Crippen LogP contribution in [0.1, 0.15) is 34.1 Å². The first-order valence-electron chi connectivity index (χ1n) is 5.69. The molecule has 1 unspecified atom stereocenters. The molecule has 0 bridgehead atoms. The van der Waals surface area contributed by atoms with Gasteiger partial charge in [0.05, 0.1) is 5.56 Å². The van der Waals surface area contributed by atoms with Crippen LogP contribution < -0.4 is 5.32 Å². The SMILES string of the molecule is CSC(C)CCNC(=O)c1ccc(C(=O)O)cc1. The van der Waals surface area contributed by atoms with Crippen molar-refractivity contribution in [3.8, 4) is 0 Å². The van der Waals surface area contributed by atoms with Gasteiger partial charge in [0.25, 0.3) is 5.91 Å². The molecule has 0 aliphatic carbocycles. The second kappa shape index (κ2) is 7.06. The average molecular weight is 267 g/mol. The molecule has 1 amide bonds. The minimum atomic E-state index is -0.990. The molecule has 98 valence electrons. The standard InChI is InChI=1S/C13H17NO3S/c1-9(18-2)7-8-14-12(15)10-3-5-11(6-4-10)13(16)17/h3-6,9H,7-8H2,1-2H3,(H,14,15)(H,16,17).